The SMILES string of the molecule is COc1ccc(OC)c(/C=C2\Oc3c(ccc(OC(=O)c4cccs4)c3C)C2=O)c1. The summed E-state index contributed by atoms with van der Waals surface area (Å²) < 4.78 is 22.0. The average molecular weight is 422 g/mol. The number of rotatable bonds is 5. The summed E-state index contributed by atoms with van der Waals surface area (Å²) in [6.07, 6.45) is 1.61. The first kappa shape index (κ1) is 19.7. The van der Waals surface area contributed by atoms with Gasteiger partial charge in [0, 0.05) is 11.1 Å². The van der Waals surface area contributed by atoms with E-state index in [-0.39, 0.29) is 11.5 Å². The maximum Gasteiger partial charge on any atom is 0.353 e. The van der Waals surface area contributed by atoms with Gasteiger partial charge in [0.2, 0.25) is 5.78 Å². The number of hydrogen-bond donors (Lipinski definition) is 0. The smallest absolute Gasteiger partial charge is 0.353 e. The van der Waals surface area contributed by atoms with Gasteiger partial charge in [-0.05, 0) is 54.8 Å². The quantitative estimate of drug-likeness (QED) is 0.331. The first-order chi connectivity index (χ1) is 14.5. The van der Waals surface area contributed by atoms with Crippen LogP contribution in [0.4, 0.5) is 0 Å². The normalized spacial score (nSPS) is 13.7. The lowest BCUT2D eigenvalue weighted by molar-refractivity contribution is 0.0738. The Morgan fingerprint density at radius 2 is 1.87 bits per heavy atom. The summed E-state index contributed by atoms with van der Waals surface area (Å²) in [5.41, 5.74) is 1.64. The van der Waals surface area contributed by atoms with Crippen LogP contribution >= 0.6 is 11.3 Å². The predicted octanol–water partition coefficient (Wildman–Crippen LogP) is 4.91. The fraction of sp³-hybridized carbons (Fsp3) is 0.130. The summed E-state index contributed by atoms with van der Waals surface area (Å²) >= 11 is 1.30. The lowest BCUT2D eigenvalue weighted by Gasteiger charge is -2.10. The van der Waals surface area contributed by atoms with E-state index < -0.39 is 5.97 Å². The Morgan fingerprint density at radius 1 is 1.07 bits per heavy atom. The monoisotopic (exact) mass is 422 g/mol. The van der Waals surface area contributed by atoms with Crippen LogP contribution in [0.25, 0.3) is 6.08 Å². The lowest BCUT2D eigenvalue weighted by Crippen LogP contribution is -2.07. The van der Waals surface area contributed by atoms with Crippen LogP contribution < -0.4 is 18.9 Å². The second-order valence-electron chi connectivity index (χ2n) is 6.48. The topological polar surface area (TPSA) is 71.1 Å². The van der Waals surface area contributed by atoms with E-state index in [0.717, 1.165) is 0 Å². The van der Waals surface area contributed by atoms with Crippen molar-refractivity contribution in [3.8, 4) is 23.0 Å². The number of thiophene rings is 1. The van der Waals surface area contributed by atoms with Gasteiger partial charge in [-0.25, -0.2) is 4.79 Å². The van der Waals surface area contributed by atoms with Gasteiger partial charge in [0.15, 0.2) is 5.76 Å². The van der Waals surface area contributed by atoms with Gasteiger partial charge in [0.1, 0.15) is 27.9 Å². The number of esters is 1. The highest BCUT2D eigenvalue weighted by atomic mass is 32.1. The number of methoxy groups -OCH3 is 2. The van der Waals surface area contributed by atoms with Gasteiger partial charge in [-0.1, -0.05) is 6.07 Å². The Labute approximate surface area is 177 Å². The summed E-state index contributed by atoms with van der Waals surface area (Å²) in [6, 6.07) is 12.0. The molecule has 3 aromatic rings. The van der Waals surface area contributed by atoms with Crippen molar-refractivity contribution in [1.29, 1.82) is 0 Å². The highest BCUT2D eigenvalue weighted by molar-refractivity contribution is 7.12. The van der Waals surface area contributed by atoms with Gasteiger partial charge in [-0.2, -0.15) is 0 Å². The van der Waals surface area contributed by atoms with Crippen molar-refractivity contribution in [1.82, 2.24) is 0 Å². The van der Waals surface area contributed by atoms with Crippen LogP contribution in [-0.4, -0.2) is 26.0 Å². The van der Waals surface area contributed by atoms with Gasteiger partial charge in [0.05, 0.1) is 19.8 Å². The molecule has 2 heterocycles. The molecule has 0 spiro atoms. The summed E-state index contributed by atoms with van der Waals surface area (Å²) in [4.78, 5) is 25.6. The average Bonchev–Trinajstić information content (AvgIpc) is 3.40. The second kappa shape index (κ2) is 8.04. The van der Waals surface area contributed by atoms with Crippen LogP contribution in [0.2, 0.25) is 0 Å². The number of fused-ring (bicyclic) bond motifs is 1. The Bertz CT molecular complexity index is 1160. The minimum absolute atomic E-state index is 0.154. The van der Waals surface area contributed by atoms with E-state index >= 15 is 0 Å². The van der Waals surface area contributed by atoms with Gasteiger partial charge in [-0.3, -0.25) is 4.79 Å². The van der Waals surface area contributed by atoms with E-state index in [0.29, 0.717) is 44.6 Å². The van der Waals surface area contributed by atoms with E-state index in [9.17, 15) is 9.59 Å². The minimum atomic E-state index is -0.450. The summed E-state index contributed by atoms with van der Waals surface area (Å²) in [6.45, 7) is 1.75. The highest BCUT2D eigenvalue weighted by Crippen LogP contribution is 2.40. The number of carbonyl (C=O) groups excluding carboxylic acids is 2. The Balaban J connectivity index is 1.66. The molecular weight excluding hydrogens is 404 g/mol. The molecule has 0 unspecified atom stereocenters. The van der Waals surface area contributed by atoms with E-state index in [1.807, 2.05) is 0 Å². The van der Waals surface area contributed by atoms with Crippen molar-refractivity contribution in [3.05, 3.63) is 75.2 Å². The number of carbonyl (C=O) groups is 2. The molecule has 0 fully saturated rings. The molecule has 4 rings (SSSR count). The van der Waals surface area contributed by atoms with E-state index in [2.05, 4.69) is 0 Å². The summed E-state index contributed by atoms with van der Waals surface area (Å²) in [7, 11) is 3.11. The largest absolute Gasteiger partial charge is 0.497 e. The molecule has 2 aromatic carbocycles. The third-order valence-corrected chi connectivity index (χ3v) is 5.54. The zero-order valence-corrected chi connectivity index (χ0v) is 17.4. The molecule has 152 valence electrons. The molecule has 0 bridgehead atoms. The maximum atomic E-state index is 12.9. The molecule has 0 saturated heterocycles. The summed E-state index contributed by atoms with van der Waals surface area (Å²) in [5.74, 6) is 1.39. The molecule has 1 aliphatic rings. The van der Waals surface area contributed by atoms with Crippen LogP contribution in [0.1, 0.15) is 31.2 Å². The number of ketones is 1. The van der Waals surface area contributed by atoms with Crippen molar-refractivity contribution in [2.24, 2.45) is 0 Å². The van der Waals surface area contributed by atoms with Gasteiger partial charge in [-0.15, -0.1) is 11.3 Å². The van der Waals surface area contributed by atoms with E-state index in [1.54, 1.807) is 75.1 Å². The van der Waals surface area contributed by atoms with E-state index in [4.69, 9.17) is 18.9 Å². The highest BCUT2D eigenvalue weighted by Gasteiger charge is 2.31. The van der Waals surface area contributed by atoms with Crippen molar-refractivity contribution in [2.75, 3.05) is 14.2 Å². The van der Waals surface area contributed by atoms with Crippen LogP contribution in [0.15, 0.2) is 53.6 Å². The van der Waals surface area contributed by atoms with Crippen molar-refractivity contribution in [3.63, 3.8) is 0 Å². The predicted molar refractivity (Wildman–Crippen MR) is 113 cm³/mol. The number of benzene rings is 2. The zero-order chi connectivity index (χ0) is 21.3. The first-order valence-electron chi connectivity index (χ1n) is 9.07. The molecular formula is C23H18O6S. The number of Topliss-reactive ketones (excluding diaryl/α,β-unsaturated/α-hetero) is 1. The fourth-order valence-electron chi connectivity index (χ4n) is 3.12. The Hall–Kier alpha value is -3.58. The molecule has 1 aliphatic heterocycles. The van der Waals surface area contributed by atoms with Crippen LogP contribution in [0.5, 0.6) is 23.0 Å². The molecule has 0 saturated carbocycles. The molecule has 30 heavy (non-hydrogen) atoms. The van der Waals surface area contributed by atoms with Crippen LogP contribution in [-0.2, 0) is 0 Å². The van der Waals surface area contributed by atoms with Gasteiger partial charge >= 0.3 is 5.97 Å². The summed E-state index contributed by atoms with van der Waals surface area (Å²) in [5, 5.41) is 1.80. The van der Waals surface area contributed by atoms with Gasteiger partial charge < -0.3 is 18.9 Å². The molecule has 7 heteroatoms. The number of allylic oxidation sites excluding steroid dienone is 1. The minimum Gasteiger partial charge on any atom is -0.497 e. The lowest BCUT2D eigenvalue weighted by atomic mass is 10.1. The fourth-order valence-corrected chi connectivity index (χ4v) is 3.72. The van der Waals surface area contributed by atoms with Crippen molar-refractivity contribution >= 4 is 29.2 Å². The first-order valence-corrected chi connectivity index (χ1v) is 9.95. The third kappa shape index (κ3) is 3.55. The second-order valence-corrected chi connectivity index (χ2v) is 7.43. The van der Waals surface area contributed by atoms with Crippen molar-refractivity contribution in [2.45, 2.75) is 6.92 Å². The zero-order valence-electron chi connectivity index (χ0n) is 16.6. The van der Waals surface area contributed by atoms with Gasteiger partial charge in [0.25, 0.3) is 0 Å². The van der Waals surface area contributed by atoms with Crippen LogP contribution in [0.3, 0.4) is 0 Å². The number of ether oxygens (including phenoxy) is 4. The Kier molecular flexibility index (Phi) is 5.29. The molecule has 0 atom stereocenters. The number of hydrogen-bond acceptors (Lipinski definition) is 7. The molecule has 1 aromatic heterocycles. The molecule has 6 nitrogen and oxygen atoms in total. The molecule has 0 radical (unpaired) electrons. The standard InChI is InChI=1S/C23H18O6S/c1-13-17(29-23(25)20-5-4-10-30-20)9-7-16-21(24)19(28-22(13)16)12-14-11-15(26-2)6-8-18(14)27-3/h4-12H,1-3H3/b19-12-. The maximum absolute atomic E-state index is 12.9. The third-order valence-electron chi connectivity index (χ3n) is 4.69. The van der Waals surface area contributed by atoms with Crippen LogP contribution in [0, 0.1) is 6.92 Å². The molecule has 0 amide bonds. The molecule has 0 N–H and O–H groups in total. The van der Waals surface area contributed by atoms with Crippen molar-refractivity contribution < 1.29 is 28.5 Å². The molecule has 0 aliphatic carbocycles. The van der Waals surface area contributed by atoms with E-state index in [1.165, 1.54) is 11.3 Å². The Morgan fingerprint density at radius 3 is 2.57 bits per heavy atom.